The van der Waals surface area contributed by atoms with Gasteiger partial charge in [0.15, 0.2) is 5.60 Å². The third kappa shape index (κ3) is 2.71. The summed E-state index contributed by atoms with van der Waals surface area (Å²) in [7, 11) is 0. The fourth-order valence-electron chi connectivity index (χ4n) is 1.67. The van der Waals surface area contributed by atoms with Crippen molar-refractivity contribution in [1.29, 1.82) is 0 Å². The Hall–Kier alpha value is -1.81. The van der Waals surface area contributed by atoms with Crippen LogP contribution in [0.3, 0.4) is 0 Å². The van der Waals surface area contributed by atoms with Crippen molar-refractivity contribution in [3.8, 4) is 0 Å². The molecule has 0 radical (unpaired) electrons. The van der Waals surface area contributed by atoms with Crippen molar-refractivity contribution in [2.24, 2.45) is 0 Å². The lowest BCUT2D eigenvalue weighted by molar-refractivity contribution is -0.168. The molecule has 1 aliphatic rings. The highest BCUT2D eigenvalue weighted by Crippen LogP contribution is 2.33. The number of carbonyl (C=O) groups is 1. The van der Waals surface area contributed by atoms with Crippen LogP contribution < -0.4 is 5.48 Å². The van der Waals surface area contributed by atoms with Gasteiger partial charge in [-0.1, -0.05) is 36.4 Å². The molecule has 0 amide bonds. The van der Waals surface area contributed by atoms with E-state index in [0.717, 1.165) is 12.1 Å². The Morgan fingerprint density at radius 3 is 2.56 bits per heavy atom. The predicted octanol–water partition coefficient (Wildman–Crippen LogP) is 2.44. The fourth-order valence-corrected chi connectivity index (χ4v) is 1.67. The molecule has 2 rings (SSSR count). The van der Waals surface area contributed by atoms with Crippen LogP contribution in [0.15, 0.2) is 42.1 Å². The molecule has 0 heterocycles. The van der Waals surface area contributed by atoms with Crippen molar-refractivity contribution in [3.63, 3.8) is 0 Å². The van der Waals surface area contributed by atoms with Crippen molar-refractivity contribution in [2.75, 3.05) is 0 Å². The van der Waals surface area contributed by atoms with Gasteiger partial charge in [-0.2, -0.15) is 0 Å². The molecule has 4 nitrogen and oxygen atoms in total. The molecule has 0 aromatic heterocycles. The summed E-state index contributed by atoms with van der Waals surface area (Å²) in [5, 5.41) is 8.89. The van der Waals surface area contributed by atoms with Crippen LogP contribution in [0, 0.1) is 0 Å². The lowest BCUT2D eigenvalue weighted by Gasteiger charge is -2.29. The molecule has 18 heavy (non-hydrogen) atoms. The number of carboxylic acid groups (broad SMARTS) is 1. The summed E-state index contributed by atoms with van der Waals surface area (Å²) in [4.78, 5) is 16.0. The van der Waals surface area contributed by atoms with Gasteiger partial charge in [-0.3, -0.25) is 10.3 Å². The van der Waals surface area contributed by atoms with Gasteiger partial charge in [-0.15, -0.1) is 0 Å². The minimum absolute atomic E-state index is 0.394. The molecule has 1 unspecified atom stereocenters. The van der Waals surface area contributed by atoms with E-state index in [9.17, 15) is 4.79 Å². The number of allylic oxidation sites excluding steroid dienone is 2. The molecule has 0 spiro atoms. The van der Waals surface area contributed by atoms with Gasteiger partial charge in [0.05, 0.1) is 0 Å². The zero-order chi connectivity index (χ0) is 13.2. The van der Waals surface area contributed by atoms with Crippen LogP contribution in [-0.2, 0) is 9.63 Å². The average Bonchev–Trinajstić information content (AvgIpc) is 2.28. The predicted molar refractivity (Wildman–Crippen MR) is 67.8 cm³/mol. The van der Waals surface area contributed by atoms with Gasteiger partial charge in [0, 0.05) is 11.6 Å². The van der Waals surface area contributed by atoms with Gasteiger partial charge >= 0.3 is 5.97 Å². The first-order valence-corrected chi connectivity index (χ1v) is 5.92. The van der Waals surface area contributed by atoms with Crippen molar-refractivity contribution in [3.05, 3.63) is 47.7 Å². The van der Waals surface area contributed by atoms with Crippen LogP contribution in [0.1, 0.15) is 31.7 Å². The van der Waals surface area contributed by atoms with E-state index in [1.165, 1.54) is 19.4 Å². The van der Waals surface area contributed by atoms with Crippen LogP contribution in [0.25, 0.3) is 0 Å². The topological polar surface area (TPSA) is 58.6 Å². The van der Waals surface area contributed by atoms with Gasteiger partial charge in [-0.05, 0) is 25.8 Å². The zero-order valence-electron chi connectivity index (χ0n) is 10.5. The van der Waals surface area contributed by atoms with Crippen LogP contribution >= 0.6 is 0 Å². The molecule has 0 saturated carbocycles. The Labute approximate surface area is 106 Å². The average molecular weight is 247 g/mol. The molecule has 1 atom stereocenters. The summed E-state index contributed by atoms with van der Waals surface area (Å²) in [6.07, 6.45) is 2.90. The molecule has 96 valence electrons. The number of carboxylic acids is 1. The number of benzene rings is 1. The first-order chi connectivity index (χ1) is 8.49. The van der Waals surface area contributed by atoms with Crippen molar-refractivity contribution >= 4 is 5.97 Å². The van der Waals surface area contributed by atoms with Crippen molar-refractivity contribution in [2.45, 2.75) is 31.8 Å². The van der Waals surface area contributed by atoms with Gasteiger partial charge < -0.3 is 5.11 Å². The lowest BCUT2D eigenvalue weighted by Crippen LogP contribution is -2.40. The van der Waals surface area contributed by atoms with E-state index >= 15 is 0 Å². The summed E-state index contributed by atoms with van der Waals surface area (Å²) in [6.45, 7) is 3.02. The number of hydroxylamine groups is 1. The molecule has 0 fully saturated rings. The van der Waals surface area contributed by atoms with Crippen LogP contribution in [0.5, 0.6) is 0 Å². The first kappa shape index (κ1) is 12.6. The van der Waals surface area contributed by atoms with E-state index in [1.807, 2.05) is 24.3 Å². The molecule has 1 aromatic rings. The second-order valence-corrected chi connectivity index (χ2v) is 4.93. The maximum atomic E-state index is 10.8. The van der Waals surface area contributed by atoms with E-state index in [4.69, 9.17) is 9.94 Å². The molecule has 1 aliphatic carbocycles. The largest absolute Gasteiger partial charge is 0.479 e. The highest BCUT2D eigenvalue weighted by Gasteiger charge is 2.30. The first-order valence-electron chi connectivity index (χ1n) is 5.92. The van der Waals surface area contributed by atoms with Crippen LogP contribution in [0.2, 0.25) is 0 Å². The van der Waals surface area contributed by atoms with Crippen molar-refractivity contribution in [1.82, 2.24) is 5.48 Å². The quantitative estimate of drug-likeness (QED) is 0.785. The second kappa shape index (κ2) is 4.82. The minimum atomic E-state index is -1.22. The summed E-state index contributed by atoms with van der Waals surface area (Å²) >= 11 is 0. The smallest absolute Gasteiger partial charge is 0.338 e. The monoisotopic (exact) mass is 247 g/mol. The Kier molecular flexibility index (Phi) is 3.39. The highest BCUT2D eigenvalue weighted by atomic mass is 16.7. The zero-order valence-corrected chi connectivity index (χ0v) is 10.5. The summed E-state index contributed by atoms with van der Waals surface area (Å²) in [5.41, 5.74) is 3.69. The molecule has 0 bridgehead atoms. The molecule has 2 N–H and O–H groups in total. The van der Waals surface area contributed by atoms with E-state index < -0.39 is 11.6 Å². The van der Waals surface area contributed by atoms with Gasteiger partial charge in [-0.25, -0.2) is 4.79 Å². The second-order valence-electron chi connectivity index (χ2n) is 4.93. The normalized spacial score (nSPS) is 18.8. The number of rotatable bonds is 5. The fraction of sp³-hybridized carbons (Fsp3) is 0.357. The van der Waals surface area contributed by atoms with E-state index in [1.54, 1.807) is 0 Å². The summed E-state index contributed by atoms with van der Waals surface area (Å²) in [5.74, 6) is -0.597. The van der Waals surface area contributed by atoms with E-state index in [2.05, 4.69) is 17.6 Å². The Morgan fingerprint density at radius 1 is 1.39 bits per heavy atom. The Bertz CT molecular complexity index is 465. The molecular formula is C14H17NO3. The third-order valence-corrected chi connectivity index (χ3v) is 3.02. The maximum absolute atomic E-state index is 10.8. The van der Waals surface area contributed by atoms with Crippen LogP contribution in [-0.4, -0.2) is 16.7 Å². The van der Waals surface area contributed by atoms with Gasteiger partial charge in [0.2, 0.25) is 0 Å². The maximum Gasteiger partial charge on any atom is 0.338 e. The van der Waals surface area contributed by atoms with Gasteiger partial charge in [0.1, 0.15) is 0 Å². The SMILES string of the molecule is CC(C)(ONC1=CC(c2ccccc2)C1)C(=O)O. The Morgan fingerprint density at radius 2 is 2.00 bits per heavy atom. The van der Waals surface area contributed by atoms with E-state index in [-0.39, 0.29) is 0 Å². The Balaban J connectivity index is 1.87. The summed E-state index contributed by atoms with van der Waals surface area (Å²) in [6, 6.07) is 10.2. The molecular weight excluding hydrogens is 230 g/mol. The third-order valence-electron chi connectivity index (χ3n) is 3.02. The number of nitrogens with one attached hydrogen (secondary N) is 1. The van der Waals surface area contributed by atoms with Crippen molar-refractivity contribution < 1.29 is 14.7 Å². The number of hydrogen-bond donors (Lipinski definition) is 2. The van der Waals surface area contributed by atoms with Gasteiger partial charge in [0.25, 0.3) is 0 Å². The van der Waals surface area contributed by atoms with Crippen LogP contribution in [0.4, 0.5) is 0 Å². The molecule has 0 aliphatic heterocycles. The molecule has 1 aromatic carbocycles. The highest BCUT2D eigenvalue weighted by molar-refractivity contribution is 5.76. The molecule has 0 saturated heterocycles. The number of aliphatic carboxylic acids is 1. The minimum Gasteiger partial charge on any atom is -0.479 e. The van der Waals surface area contributed by atoms with E-state index in [0.29, 0.717) is 5.92 Å². The molecule has 4 heteroatoms. The lowest BCUT2D eigenvalue weighted by atomic mass is 9.85. The standard InChI is InChI=1S/C14H17NO3/c1-14(2,13(16)17)18-15-12-8-11(9-12)10-6-4-3-5-7-10/h3-8,11,15H,9H2,1-2H3,(H,16,17). The number of hydrogen-bond acceptors (Lipinski definition) is 3. The summed E-state index contributed by atoms with van der Waals surface area (Å²) < 4.78 is 0.